The van der Waals surface area contributed by atoms with Gasteiger partial charge in [-0.3, -0.25) is 33.7 Å². The number of fused-ring (bicyclic) bond motifs is 2. The molecule has 0 aromatic carbocycles. The van der Waals surface area contributed by atoms with Gasteiger partial charge in [-0.15, -0.1) is 0 Å². The van der Waals surface area contributed by atoms with Crippen molar-refractivity contribution in [2.24, 2.45) is 27.6 Å². The van der Waals surface area contributed by atoms with Gasteiger partial charge in [-0.2, -0.15) is 0 Å². The van der Waals surface area contributed by atoms with Crippen LogP contribution in [0.4, 0.5) is 0 Å². The fourth-order valence-corrected chi connectivity index (χ4v) is 6.04. The van der Waals surface area contributed by atoms with Crippen molar-refractivity contribution in [2.75, 3.05) is 6.61 Å². The normalized spacial score (nSPS) is 30.2. The van der Waals surface area contributed by atoms with Gasteiger partial charge in [-0.1, -0.05) is 0 Å². The molecule has 3 heterocycles. The van der Waals surface area contributed by atoms with Gasteiger partial charge in [-0.25, -0.2) is 0 Å². The van der Waals surface area contributed by atoms with E-state index in [1.165, 1.54) is 6.92 Å². The second kappa shape index (κ2) is 14.2. The van der Waals surface area contributed by atoms with E-state index in [9.17, 15) is 28.8 Å². The summed E-state index contributed by atoms with van der Waals surface area (Å²) < 4.78 is 30.9. The van der Waals surface area contributed by atoms with Crippen LogP contribution >= 0.6 is 0 Å². The lowest BCUT2D eigenvalue weighted by Crippen LogP contribution is -2.72. The first-order chi connectivity index (χ1) is 21.7. The lowest BCUT2D eigenvalue weighted by atomic mass is 9.74. The van der Waals surface area contributed by atoms with Gasteiger partial charge in [0.05, 0.1) is 21.7 Å². The topological polar surface area (TPSA) is 152 Å². The average Bonchev–Trinajstić information content (AvgIpc) is 2.91. The zero-order valence-electron chi connectivity index (χ0n) is 31.1. The molecule has 0 amide bonds. The first-order valence-electron chi connectivity index (χ1n) is 17.0. The van der Waals surface area contributed by atoms with Gasteiger partial charge in [0, 0.05) is 30.8 Å². The highest BCUT2D eigenvalue weighted by atomic mass is 16.7. The fraction of sp³-hybridized carbons (Fsp3) is 0.833. The van der Waals surface area contributed by atoms with Crippen LogP contribution in [-0.4, -0.2) is 89.7 Å². The summed E-state index contributed by atoms with van der Waals surface area (Å²) in [5.41, 5.74) is -3.85. The molecule has 0 radical (unpaired) electrons. The molecule has 0 aromatic rings. The molecule has 3 saturated heterocycles. The molecule has 3 rings (SSSR count). The Morgan fingerprint density at radius 2 is 1.12 bits per heavy atom. The quantitative estimate of drug-likeness (QED) is 0.274. The summed E-state index contributed by atoms with van der Waals surface area (Å²) in [5, 5.41) is 0. The minimum Gasteiger partial charge on any atom is -0.462 e. The summed E-state index contributed by atoms with van der Waals surface area (Å²) in [4.78, 5) is 81.5. The number of esters is 4. The summed E-state index contributed by atoms with van der Waals surface area (Å²) >= 11 is 0. The number of ketones is 2. The van der Waals surface area contributed by atoms with Gasteiger partial charge in [-0.05, 0) is 103 Å². The van der Waals surface area contributed by atoms with Crippen LogP contribution in [0.3, 0.4) is 0 Å². The molecule has 12 nitrogen and oxygen atoms in total. The van der Waals surface area contributed by atoms with E-state index in [0.717, 1.165) is 0 Å². The number of rotatable bonds is 7. The van der Waals surface area contributed by atoms with Crippen LogP contribution in [0.1, 0.15) is 116 Å². The Kier molecular flexibility index (Phi) is 11.7. The number of ether oxygens (including phenoxy) is 5. The van der Waals surface area contributed by atoms with Gasteiger partial charge in [0.15, 0.2) is 24.5 Å². The molecule has 12 heteroatoms. The molecule has 3 aliphatic heterocycles. The molecule has 0 aromatic heterocycles. The first kappa shape index (κ1) is 39.6. The number of nitrogens with zero attached hydrogens (tertiary/aromatic N) is 1. The van der Waals surface area contributed by atoms with Crippen LogP contribution in [0.15, 0.2) is 0 Å². The van der Waals surface area contributed by atoms with Gasteiger partial charge in [0.2, 0.25) is 0 Å². The van der Waals surface area contributed by atoms with Gasteiger partial charge in [0.1, 0.15) is 24.3 Å². The van der Waals surface area contributed by atoms with Gasteiger partial charge in [0.25, 0.3) is 0 Å². The highest BCUT2D eigenvalue weighted by Gasteiger charge is 2.59. The van der Waals surface area contributed by atoms with Crippen LogP contribution in [0.25, 0.3) is 0 Å². The Labute approximate surface area is 285 Å². The Bertz CT molecular complexity index is 1260. The highest BCUT2D eigenvalue weighted by Crippen LogP contribution is 2.43. The number of hydrogen-bond acceptors (Lipinski definition) is 12. The number of carbonyl (C=O) groups is 6. The van der Waals surface area contributed by atoms with E-state index in [2.05, 4.69) is 0 Å². The predicted molar refractivity (Wildman–Crippen MR) is 174 cm³/mol. The van der Waals surface area contributed by atoms with Crippen molar-refractivity contribution in [1.29, 1.82) is 0 Å². The van der Waals surface area contributed by atoms with E-state index >= 15 is 0 Å². The minimum atomic E-state index is -1.40. The SMILES string of the molecule is CC(=O)C1CCC2CC(=O)CC1N2C1O[C@H](COC(=O)C(C)(C)C)[C@H](OC(=O)C(C)(C)C)[C@H](OC(=O)C(C)(C)C)[C@H]1OC(=O)C(C)(C)C. The third-order valence-corrected chi connectivity index (χ3v) is 8.96. The molecule has 48 heavy (non-hydrogen) atoms. The lowest BCUT2D eigenvalue weighted by Gasteiger charge is -2.56. The van der Waals surface area contributed by atoms with E-state index in [1.807, 2.05) is 4.90 Å². The molecule has 3 fully saturated rings. The van der Waals surface area contributed by atoms with Crippen LogP contribution in [-0.2, 0) is 52.5 Å². The average molecular weight is 680 g/mol. The second-order valence-electron chi connectivity index (χ2n) is 17.7. The summed E-state index contributed by atoms with van der Waals surface area (Å²) in [6.45, 7) is 21.2. The van der Waals surface area contributed by atoms with Crippen molar-refractivity contribution < 1.29 is 52.5 Å². The zero-order valence-corrected chi connectivity index (χ0v) is 31.1. The Morgan fingerprint density at radius 3 is 1.58 bits per heavy atom. The summed E-state index contributed by atoms with van der Waals surface area (Å²) in [6.07, 6.45) is -5.08. The fourth-order valence-electron chi connectivity index (χ4n) is 6.04. The van der Waals surface area contributed by atoms with E-state index in [4.69, 9.17) is 23.7 Å². The minimum absolute atomic E-state index is 0.00889. The Balaban J connectivity index is 2.26. The van der Waals surface area contributed by atoms with Crippen molar-refractivity contribution >= 4 is 35.4 Å². The smallest absolute Gasteiger partial charge is 0.311 e. The molecule has 4 unspecified atom stereocenters. The monoisotopic (exact) mass is 679 g/mol. The number of piperidine rings is 2. The van der Waals surface area contributed by atoms with Crippen LogP contribution in [0.5, 0.6) is 0 Å². The third kappa shape index (κ3) is 9.22. The summed E-state index contributed by atoms with van der Waals surface area (Å²) in [6, 6.07) is -0.938. The summed E-state index contributed by atoms with van der Waals surface area (Å²) in [5.74, 6) is -3.02. The number of Topliss-reactive ketones (excluding diaryl/α,β-unsaturated/α-hetero) is 2. The van der Waals surface area contributed by atoms with Crippen molar-refractivity contribution in [3.63, 3.8) is 0 Å². The standard InChI is InChI=1S/C36H57NO11/c1-19(38)22-15-14-20-16-21(39)17-23(22)37(20)28-27(48-32(43)36(11,12)13)26(47-31(42)35(8,9)10)25(46-30(41)34(5,6)7)24(45-28)18-44-29(40)33(2,3)4/h20,22-28H,14-18H2,1-13H3/t20?,22?,23?,24-,25+,26+,27-,28?/m1/s1. The van der Waals surface area contributed by atoms with Gasteiger partial charge < -0.3 is 23.7 Å². The van der Waals surface area contributed by atoms with Crippen molar-refractivity contribution in [3.8, 4) is 0 Å². The predicted octanol–water partition coefficient (Wildman–Crippen LogP) is 4.58. The zero-order chi connectivity index (χ0) is 36.7. The maximum atomic E-state index is 13.6. The molecule has 0 N–H and O–H groups in total. The van der Waals surface area contributed by atoms with E-state index in [0.29, 0.717) is 12.8 Å². The van der Waals surface area contributed by atoms with E-state index in [1.54, 1.807) is 83.1 Å². The number of carbonyl (C=O) groups excluding carboxylic acids is 6. The van der Waals surface area contributed by atoms with Crippen molar-refractivity contribution in [1.82, 2.24) is 4.90 Å². The summed E-state index contributed by atoms with van der Waals surface area (Å²) in [7, 11) is 0. The maximum absolute atomic E-state index is 13.6. The molecule has 8 atom stereocenters. The Hall–Kier alpha value is -2.86. The van der Waals surface area contributed by atoms with Crippen LogP contribution in [0, 0.1) is 27.6 Å². The lowest BCUT2D eigenvalue weighted by molar-refractivity contribution is -0.297. The first-order valence-corrected chi connectivity index (χ1v) is 17.0. The maximum Gasteiger partial charge on any atom is 0.311 e. The molecule has 0 saturated carbocycles. The van der Waals surface area contributed by atoms with E-state index < -0.39 is 88.1 Å². The number of hydrogen-bond donors (Lipinski definition) is 0. The van der Waals surface area contributed by atoms with E-state index in [-0.39, 0.29) is 37.1 Å². The van der Waals surface area contributed by atoms with Crippen LogP contribution in [0.2, 0.25) is 0 Å². The molecular weight excluding hydrogens is 622 g/mol. The Morgan fingerprint density at radius 1 is 0.667 bits per heavy atom. The largest absolute Gasteiger partial charge is 0.462 e. The molecule has 0 aliphatic carbocycles. The van der Waals surface area contributed by atoms with Gasteiger partial charge >= 0.3 is 23.9 Å². The van der Waals surface area contributed by atoms with Crippen LogP contribution < -0.4 is 0 Å². The molecule has 0 spiro atoms. The molecular formula is C36H57NO11. The highest BCUT2D eigenvalue weighted by molar-refractivity contribution is 5.84. The van der Waals surface area contributed by atoms with Crippen molar-refractivity contribution in [2.45, 2.75) is 158 Å². The molecule has 272 valence electrons. The second-order valence-corrected chi connectivity index (χ2v) is 17.7. The third-order valence-electron chi connectivity index (χ3n) is 8.96. The molecule has 2 bridgehead atoms. The molecule has 3 aliphatic rings. The van der Waals surface area contributed by atoms with Crippen molar-refractivity contribution in [3.05, 3.63) is 0 Å².